The zero-order valence-corrected chi connectivity index (χ0v) is 14.2. The van der Waals surface area contributed by atoms with Gasteiger partial charge in [0.2, 0.25) is 0 Å². The molecule has 1 fully saturated rings. The smallest absolute Gasteiger partial charge is 0.387 e. The highest BCUT2D eigenvalue weighted by Crippen LogP contribution is 2.20. The van der Waals surface area contributed by atoms with Crippen molar-refractivity contribution in [3.63, 3.8) is 0 Å². The van der Waals surface area contributed by atoms with Crippen molar-refractivity contribution in [2.75, 3.05) is 13.2 Å². The summed E-state index contributed by atoms with van der Waals surface area (Å²) in [5.74, 6) is -0.298. The zero-order valence-electron chi connectivity index (χ0n) is 14.2. The fraction of sp³-hybridized carbons (Fsp3) is 0.368. The van der Waals surface area contributed by atoms with Crippen LogP contribution in [-0.2, 0) is 11.3 Å². The molecule has 1 unspecified atom stereocenters. The van der Waals surface area contributed by atoms with Gasteiger partial charge in [0, 0.05) is 37.7 Å². The molecular formula is C19H20F2N2O3. The first-order valence-electron chi connectivity index (χ1n) is 8.46. The van der Waals surface area contributed by atoms with Gasteiger partial charge >= 0.3 is 6.61 Å². The second-order valence-corrected chi connectivity index (χ2v) is 6.09. The van der Waals surface area contributed by atoms with Gasteiger partial charge in [0.05, 0.1) is 6.10 Å². The van der Waals surface area contributed by atoms with Gasteiger partial charge in [-0.15, -0.1) is 0 Å². The molecule has 26 heavy (non-hydrogen) atoms. The van der Waals surface area contributed by atoms with E-state index in [2.05, 4.69) is 9.72 Å². The van der Waals surface area contributed by atoms with Crippen LogP contribution in [0.5, 0.6) is 5.75 Å². The number of nitrogens with zero attached hydrogens (tertiary/aromatic N) is 2. The third kappa shape index (κ3) is 4.98. The number of benzene rings is 1. The van der Waals surface area contributed by atoms with Gasteiger partial charge in [0.1, 0.15) is 5.75 Å². The minimum atomic E-state index is -2.93. The van der Waals surface area contributed by atoms with Crippen LogP contribution in [-0.4, -0.2) is 41.7 Å². The maximum atomic E-state index is 13.0. The number of alkyl halides is 2. The topological polar surface area (TPSA) is 51.7 Å². The minimum absolute atomic E-state index is 0.0175. The Kier molecular flexibility index (Phi) is 6.12. The fourth-order valence-electron chi connectivity index (χ4n) is 2.95. The van der Waals surface area contributed by atoms with Crippen LogP contribution in [0.15, 0.2) is 48.8 Å². The van der Waals surface area contributed by atoms with E-state index < -0.39 is 6.61 Å². The van der Waals surface area contributed by atoms with Crippen LogP contribution < -0.4 is 4.74 Å². The maximum absolute atomic E-state index is 13.0. The average Bonchev–Trinajstić information content (AvgIpc) is 3.14. The number of pyridine rings is 1. The second kappa shape index (κ2) is 8.71. The van der Waals surface area contributed by atoms with Gasteiger partial charge in [-0.05, 0) is 42.7 Å². The number of amides is 1. The highest BCUT2D eigenvalue weighted by atomic mass is 19.3. The average molecular weight is 362 g/mol. The Bertz CT molecular complexity index is 722. The summed E-state index contributed by atoms with van der Waals surface area (Å²) in [6.07, 6.45) is 5.21. The molecule has 1 aliphatic rings. The van der Waals surface area contributed by atoms with Crippen LogP contribution in [0, 0.1) is 0 Å². The van der Waals surface area contributed by atoms with Crippen molar-refractivity contribution in [2.24, 2.45) is 0 Å². The van der Waals surface area contributed by atoms with E-state index in [1.807, 2.05) is 6.07 Å². The summed E-state index contributed by atoms with van der Waals surface area (Å²) >= 11 is 0. The summed E-state index contributed by atoms with van der Waals surface area (Å²) in [4.78, 5) is 18.7. The van der Waals surface area contributed by atoms with Crippen molar-refractivity contribution in [1.82, 2.24) is 9.88 Å². The zero-order chi connectivity index (χ0) is 18.4. The lowest BCUT2D eigenvalue weighted by Crippen LogP contribution is -2.37. The monoisotopic (exact) mass is 362 g/mol. The van der Waals surface area contributed by atoms with E-state index in [4.69, 9.17) is 4.74 Å². The lowest BCUT2D eigenvalue weighted by molar-refractivity contribution is -0.0499. The largest absolute Gasteiger partial charge is 0.435 e. The molecule has 1 aromatic heterocycles. The molecule has 5 nitrogen and oxygen atoms in total. The standard InChI is InChI=1S/C19H20F2N2O3/c20-19(21)26-16-6-1-5-15(10-16)18(24)23(13-17-7-3-9-25-17)12-14-4-2-8-22-11-14/h1-2,4-6,8,10-11,17,19H,3,7,9,12-13H2. The molecule has 0 N–H and O–H groups in total. The molecule has 0 radical (unpaired) electrons. The van der Waals surface area contributed by atoms with Crippen molar-refractivity contribution < 1.29 is 23.0 Å². The van der Waals surface area contributed by atoms with Crippen LogP contribution in [0.25, 0.3) is 0 Å². The Morgan fingerprint density at radius 1 is 1.35 bits per heavy atom. The second-order valence-electron chi connectivity index (χ2n) is 6.09. The van der Waals surface area contributed by atoms with E-state index >= 15 is 0 Å². The third-order valence-corrected chi connectivity index (χ3v) is 4.14. The molecule has 138 valence electrons. The molecule has 0 saturated carbocycles. The predicted molar refractivity (Wildman–Crippen MR) is 91.0 cm³/mol. The lowest BCUT2D eigenvalue weighted by Gasteiger charge is -2.26. The number of rotatable bonds is 7. The van der Waals surface area contributed by atoms with Gasteiger partial charge in [-0.2, -0.15) is 8.78 Å². The SMILES string of the molecule is O=C(c1cccc(OC(F)F)c1)N(Cc1cccnc1)CC1CCCO1. The number of aromatic nitrogens is 1. The Morgan fingerprint density at radius 2 is 2.23 bits per heavy atom. The molecule has 7 heteroatoms. The fourth-order valence-corrected chi connectivity index (χ4v) is 2.95. The van der Waals surface area contributed by atoms with Crippen molar-refractivity contribution in [1.29, 1.82) is 0 Å². The highest BCUT2D eigenvalue weighted by Gasteiger charge is 2.24. The van der Waals surface area contributed by atoms with Gasteiger partial charge in [-0.3, -0.25) is 9.78 Å². The lowest BCUT2D eigenvalue weighted by atomic mass is 10.1. The van der Waals surface area contributed by atoms with E-state index in [-0.39, 0.29) is 17.8 Å². The summed E-state index contributed by atoms with van der Waals surface area (Å²) in [7, 11) is 0. The summed E-state index contributed by atoms with van der Waals surface area (Å²) in [6, 6.07) is 9.54. The first-order chi connectivity index (χ1) is 12.6. The third-order valence-electron chi connectivity index (χ3n) is 4.14. The molecular weight excluding hydrogens is 342 g/mol. The van der Waals surface area contributed by atoms with Crippen molar-refractivity contribution >= 4 is 5.91 Å². The number of carbonyl (C=O) groups excluding carboxylic acids is 1. The number of halogens is 2. The maximum Gasteiger partial charge on any atom is 0.387 e. The first kappa shape index (κ1) is 18.3. The van der Waals surface area contributed by atoms with E-state index in [0.717, 1.165) is 18.4 Å². The normalized spacial score (nSPS) is 16.7. The summed E-state index contributed by atoms with van der Waals surface area (Å²) in [6.45, 7) is -1.43. The van der Waals surface area contributed by atoms with Crippen LogP contribution in [0.3, 0.4) is 0 Å². The molecule has 0 bridgehead atoms. The van der Waals surface area contributed by atoms with Crippen molar-refractivity contribution in [2.45, 2.75) is 32.1 Å². The summed E-state index contributed by atoms with van der Waals surface area (Å²) in [5, 5.41) is 0. The molecule has 2 aromatic rings. The van der Waals surface area contributed by atoms with Crippen LogP contribution >= 0.6 is 0 Å². The number of ether oxygens (including phenoxy) is 2. The van der Waals surface area contributed by atoms with Gasteiger partial charge < -0.3 is 14.4 Å². The number of carbonyl (C=O) groups is 1. The molecule has 1 aromatic carbocycles. The predicted octanol–water partition coefficient (Wildman–Crippen LogP) is 3.50. The first-order valence-corrected chi connectivity index (χ1v) is 8.46. The van der Waals surface area contributed by atoms with E-state index in [9.17, 15) is 13.6 Å². The van der Waals surface area contributed by atoms with Crippen LogP contribution in [0.2, 0.25) is 0 Å². The van der Waals surface area contributed by atoms with Crippen LogP contribution in [0.4, 0.5) is 8.78 Å². The summed E-state index contributed by atoms with van der Waals surface area (Å²) in [5.41, 5.74) is 1.18. The van der Waals surface area contributed by atoms with E-state index in [0.29, 0.717) is 25.3 Å². The Hall–Kier alpha value is -2.54. The molecule has 3 rings (SSSR count). The number of hydrogen-bond acceptors (Lipinski definition) is 4. The molecule has 1 aliphatic heterocycles. The van der Waals surface area contributed by atoms with Crippen LogP contribution in [0.1, 0.15) is 28.8 Å². The highest BCUT2D eigenvalue weighted by molar-refractivity contribution is 5.94. The van der Waals surface area contributed by atoms with Crippen molar-refractivity contribution in [3.05, 3.63) is 59.9 Å². The van der Waals surface area contributed by atoms with Gasteiger partial charge in [-0.25, -0.2) is 0 Å². The molecule has 0 aliphatic carbocycles. The molecule has 2 heterocycles. The quantitative estimate of drug-likeness (QED) is 0.756. The van der Waals surface area contributed by atoms with Gasteiger partial charge in [-0.1, -0.05) is 12.1 Å². The minimum Gasteiger partial charge on any atom is -0.435 e. The molecule has 0 spiro atoms. The Labute approximate surface area is 150 Å². The Morgan fingerprint density at radius 3 is 2.92 bits per heavy atom. The number of hydrogen-bond donors (Lipinski definition) is 0. The molecule has 1 atom stereocenters. The Balaban J connectivity index is 1.79. The van der Waals surface area contributed by atoms with Gasteiger partial charge in [0.15, 0.2) is 0 Å². The van der Waals surface area contributed by atoms with E-state index in [1.165, 1.54) is 18.2 Å². The molecule has 1 saturated heterocycles. The van der Waals surface area contributed by atoms with E-state index in [1.54, 1.807) is 29.4 Å². The van der Waals surface area contributed by atoms with Gasteiger partial charge in [0.25, 0.3) is 5.91 Å². The molecule has 1 amide bonds. The van der Waals surface area contributed by atoms with Crippen molar-refractivity contribution in [3.8, 4) is 5.75 Å². The summed E-state index contributed by atoms with van der Waals surface area (Å²) < 4.78 is 34.9.